The number of aliphatic hydroxyl groups is 1. The number of benzene rings is 1. The van der Waals surface area contributed by atoms with Crippen LogP contribution in [0.5, 0.6) is 0 Å². The van der Waals surface area contributed by atoms with Gasteiger partial charge in [0.1, 0.15) is 9.73 Å². The Balaban J connectivity index is 1.61. The van der Waals surface area contributed by atoms with Crippen LogP contribution in [0.2, 0.25) is 0 Å². The van der Waals surface area contributed by atoms with Crippen LogP contribution in [0.4, 0.5) is 0 Å². The van der Waals surface area contributed by atoms with Crippen molar-refractivity contribution in [2.75, 3.05) is 5.75 Å². The molecular formula is C25H33NO4S. The third-order valence-corrected chi connectivity index (χ3v) is 8.54. The fourth-order valence-electron chi connectivity index (χ4n) is 4.81. The number of Topliss-reactive ketones (excluding diaryl/α,β-unsaturated/α-hetero) is 1. The van der Waals surface area contributed by atoms with Crippen LogP contribution in [0.25, 0.3) is 0 Å². The maximum atomic E-state index is 13.1. The molecule has 0 saturated heterocycles. The zero-order valence-corrected chi connectivity index (χ0v) is 19.8. The molecule has 1 heterocycles. The van der Waals surface area contributed by atoms with E-state index in [-0.39, 0.29) is 23.0 Å². The van der Waals surface area contributed by atoms with Crippen molar-refractivity contribution in [1.29, 1.82) is 4.78 Å². The van der Waals surface area contributed by atoms with Crippen molar-refractivity contribution in [1.82, 2.24) is 0 Å². The van der Waals surface area contributed by atoms with Gasteiger partial charge >= 0.3 is 0 Å². The Morgan fingerprint density at radius 2 is 1.87 bits per heavy atom. The largest absolute Gasteiger partial charge is 0.454 e. The SMILES string of the molecule is Cc1c(C)c(CC2CC2)c(CC(=O)CS(=N)(=O)c2cc(C(C)(C)O)co2)c2c1CCC2. The molecule has 0 aliphatic heterocycles. The van der Waals surface area contributed by atoms with Crippen LogP contribution in [-0.4, -0.2) is 20.9 Å². The number of carbonyl (C=O) groups is 1. The molecule has 1 atom stereocenters. The molecule has 1 aromatic carbocycles. The minimum atomic E-state index is -3.40. The van der Waals surface area contributed by atoms with Gasteiger partial charge in [0.2, 0.25) is 0 Å². The first-order valence-electron chi connectivity index (χ1n) is 11.2. The average Bonchev–Trinajstić information content (AvgIpc) is 3.15. The van der Waals surface area contributed by atoms with Gasteiger partial charge in [-0.3, -0.25) is 4.79 Å². The topological polar surface area (TPSA) is 91.4 Å². The van der Waals surface area contributed by atoms with E-state index in [1.807, 2.05) is 0 Å². The lowest BCUT2D eigenvalue weighted by molar-refractivity contribution is -0.116. The van der Waals surface area contributed by atoms with Gasteiger partial charge in [0, 0.05) is 18.1 Å². The molecule has 1 unspecified atom stereocenters. The summed E-state index contributed by atoms with van der Waals surface area (Å²) < 4.78 is 26.7. The van der Waals surface area contributed by atoms with E-state index in [1.54, 1.807) is 13.8 Å². The quantitative estimate of drug-likeness (QED) is 0.614. The van der Waals surface area contributed by atoms with Crippen molar-refractivity contribution < 1.29 is 18.5 Å². The van der Waals surface area contributed by atoms with Crippen LogP contribution < -0.4 is 0 Å². The monoisotopic (exact) mass is 443 g/mol. The molecule has 0 spiro atoms. The predicted octanol–water partition coefficient (Wildman–Crippen LogP) is 4.78. The molecule has 0 amide bonds. The molecule has 2 aliphatic carbocycles. The van der Waals surface area contributed by atoms with Gasteiger partial charge in [-0.25, -0.2) is 8.99 Å². The van der Waals surface area contributed by atoms with Gasteiger partial charge in [0.15, 0.2) is 10.9 Å². The summed E-state index contributed by atoms with van der Waals surface area (Å²) in [7, 11) is -3.40. The first-order valence-corrected chi connectivity index (χ1v) is 12.9. The van der Waals surface area contributed by atoms with Gasteiger partial charge in [-0.1, -0.05) is 0 Å². The van der Waals surface area contributed by atoms with E-state index in [4.69, 9.17) is 9.20 Å². The standard InChI is InChI=1S/C25H33NO4S/c1-15-16(2)22(10-17-8-9-17)23(21-7-5-6-20(15)21)12-19(27)14-31(26,29)24-11-18(13-30-24)25(3,4)28/h11,13,17,26,28H,5-10,12,14H2,1-4H3. The van der Waals surface area contributed by atoms with E-state index in [2.05, 4.69) is 13.8 Å². The third kappa shape index (κ3) is 4.51. The van der Waals surface area contributed by atoms with Crippen molar-refractivity contribution in [2.24, 2.45) is 5.92 Å². The lowest BCUT2D eigenvalue weighted by Gasteiger charge is -2.21. The molecule has 2 N–H and O–H groups in total. The predicted molar refractivity (Wildman–Crippen MR) is 121 cm³/mol. The summed E-state index contributed by atoms with van der Waals surface area (Å²) in [5.74, 6) is 0.168. The second-order valence-corrected chi connectivity index (χ2v) is 12.0. The van der Waals surface area contributed by atoms with Gasteiger partial charge < -0.3 is 9.52 Å². The van der Waals surface area contributed by atoms with E-state index in [9.17, 15) is 14.1 Å². The van der Waals surface area contributed by atoms with E-state index in [1.165, 1.54) is 53.0 Å². The summed E-state index contributed by atoms with van der Waals surface area (Å²) in [5.41, 5.74) is 7.15. The highest BCUT2D eigenvalue weighted by Crippen LogP contribution is 2.40. The number of ketones is 1. The molecule has 31 heavy (non-hydrogen) atoms. The van der Waals surface area contributed by atoms with Crippen molar-refractivity contribution in [3.63, 3.8) is 0 Å². The molecule has 2 aromatic rings. The van der Waals surface area contributed by atoms with Gasteiger partial charge in [0.25, 0.3) is 0 Å². The third-order valence-electron chi connectivity index (χ3n) is 6.95. The van der Waals surface area contributed by atoms with E-state index >= 15 is 0 Å². The minimum absolute atomic E-state index is 0.0403. The maximum absolute atomic E-state index is 13.1. The van der Waals surface area contributed by atoms with E-state index in [0.717, 1.165) is 37.2 Å². The van der Waals surface area contributed by atoms with Crippen molar-refractivity contribution in [2.45, 2.75) is 83.3 Å². The summed E-state index contributed by atoms with van der Waals surface area (Å²) in [6.07, 6.45) is 8.26. The fraction of sp³-hybridized carbons (Fsp3) is 0.560. The molecule has 0 bridgehead atoms. The summed E-state index contributed by atoms with van der Waals surface area (Å²) >= 11 is 0. The van der Waals surface area contributed by atoms with Crippen LogP contribution in [-0.2, 0) is 45.8 Å². The van der Waals surface area contributed by atoms with Crippen molar-refractivity contribution >= 4 is 15.5 Å². The summed E-state index contributed by atoms with van der Waals surface area (Å²) in [6.45, 7) is 7.57. The number of furan rings is 1. The number of nitrogens with one attached hydrogen (secondary N) is 1. The van der Waals surface area contributed by atoms with Gasteiger partial charge in [-0.15, -0.1) is 0 Å². The van der Waals surface area contributed by atoms with E-state index < -0.39 is 15.3 Å². The van der Waals surface area contributed by atoms with Crippen LogP contribution >= 0.6 is 0 Å². The number of hydrogen-bond acceptors (Lipinski definition) is 5. The van der Waals surface area contributed by atoms with Gasteiger partial charge in [-0.2, -0.15) is 0 Å². The Morgan fingerprint density at radius 1 is 1.19 bits per heavy atom. The second kappa shape index (κ2) is 7.89. The summed E-state index contributed by atoms with van der Waals surface area (Å²) in [4.78, 5) is 13.1. The normalized spacial score (nSPS) is 18.1. The molecule has 2 aliphatic rings. The number of rotatable bonds is 8. The lowest BCUT2D eigenvalue weighted by Crippen LogP contribution is -2.19. The highest BCUT2D eigenvalue weighted by molar-refractivity contribution is 7.93. The van der Waals surface area contributed by atoms with Gasteiger partial charge in [-0.05, 0) is 106 Å². The molecule has 168 valence electrons. The molecule has 1 aromatic heterocycles. The smallest absolute Gasteiger partial charge is 0.199 e. The highest BCUT2D eigenvalue weighted by Gasteiger charge is 2.30. The van der Waals surface area contributed by atoms with Crippen LogP contribution in [0.15, 0.2) is 21.8 Å². The zero-order chi connectivity index (χ0) is 22.6. The van der Waals surface area contributed by atoms with Gasteiger partial charge in [0.05, 0.1) is 17.6 Å². The first kappa shape index (κ1) is 22.3. The van der Waals surface area contributed by atoms with Crippen molar-refractivity contribution in [3.05, 3.63) is 51.3 Å². The minimum Gasteiger partial charge on any atom is -0.454 e. The maximum Gasteiger partial charge on any atom is 0.199 e. The fourth-order valence-corrected chi connectivity index (χ4v) is 6.03. The number of fused-ring (bicyclic) bond motifs is 1. The molecule has 6 heteroatoms. The molecule has 1 fully saturated rings. The Hall–Kier alpha value is -1.92. The Morgan fingerprint density at radius 3 is 2.48 bits per heavy atom. The Labute approximate surface area is 185 Å². The second-order valence-electron chi connectivity index (χ2n) is 9.91. The highest BCUT2D eigenvalue weighted by atomic mass is 32.2. The van der Waals surface area contributed by atoms with Crippen LogP contribution in [0, 0.1) is 24.5 Å². The van der Waals surface area contributed by atoms with Crippen molar-refractivity contribution in [3.8, 4) is 0 Å². The molecule has 0 radical (unpaired) electrons. The Kier molecular flexibility index (Phi) is 5.67. The average molecular weight is 444 g/mol. The lowest BCUT2D eigenvalue weighted by atomic mass is 9.85. The number of hydrogen-bond donors (Lipinski definition) is 2. The molecular weight excluding hydrogens is 410 g/mol. The van der Waals surface area contributed by atoms with Crippen LogP contribution in [0.3, 0.4) is 0 Å². The molecule has 5 nitrogen and oxygen atoms in total. The summed E-state index contributed by atoms with van der Waals surface area (Å²) in [6, 6.07) is 1.44. The first-order chi connectivity index (χ1) is 14.5. The van der Waals surface area contributed by atoms with E-state index in [0.29, 0.717) is 5.56 Å². The molecule has 4 rings (SSSR count). The number of carbonyl (C=O) groups excluding carboxylic acids is 1. The Bertz CT molecular complexity index is 1130. The zero-order valence-electron chi connectivity index (χ0n) is 19.0. The van der Waals surface area contributed by atoms with Crippen LogP contribution in [0.1, 0.15) is 72.1 Å². The summed E-state index contributed by atoms with van der Waals surface area (Å²) in [5, 5.41) is 10.1. The molecule has 1 saturated carbocycles.